The molecule has 0 fully saturated rings. The van der Waals surface area contributed by atoms with Crippen molar-refractivity contribution in [3.63, 3.8) is 0 Å². The van der Waals surface area contributed by atoms with Gasteiger partial charge in [-0.05, 0) is 103 Å². The predicted octanol–water partition coefficient (Wildman–Crippen LogP) is -11.1. The number of rotatable bonds is 46. The lowest BCUT2D eigenvalue weighted by Gasteiger charge is -2.28. The van der Waals surface area contributed by atoms with Crippen LogP contribution in [-0.4, -0.2) is 183 Å². The van der Waals surface area contributed by atoms with E-state index in [4.69, 9.17) is 91.7 Å². The highest BCUT2D eigenvalue weighted by Gasteiger charge is 2.34. The Hall–Kier alpha value is -9.23. The summed E-state index contributed by atoms with van der Waals surface area (Å²) in [5, 5.41) is 18.1. The minimum atomic E-state index is -1.65. The first kappa shape index (κ1) is 75.8. The number of hydrogen-bond acceptors (Lipinski definition) is 17. The number of guanidine groups is 6. The SMILES string of the molecule is NCCCC[C@H](N)C(=O)N[C@@H](CCCN=C(N)N)C(=O)N[C@@H](CCCN=C(N)N)C(=O)N[C@@H](CCCN=C(N)N)C(=O)N[C@@H](CCC(N)=O)C(=O)N[C@@H](CCCN=C(N)N)C(=O)N[C@@H](CCCN=C(N)N)C(=O)N[C@@H](CCCN=C(N)N)C(N)=O. The van der Waals surface area contributed by atoms with Crippen LogP contribution >= 0.6 is 0 Å². The molecule has 0 aliphatic heterocycles. The molecular weight excluding hydrogens is 1110 g/mol. The van der Waals surface area contributed by atoms with Crippen LogP contribution in [0.2, 0.25) is 0 Å². The summed E-state index contributed by atoms with van der Waals surface area (Å²) in [7, 11) is 0. The first-order valence-corrected chi connectivity index (χ1v) is 27.6. The van der Waals surface area contributed by atoms with Crippen LogP contribution in [0.5, 0.6) is 0 Å². The Kier molecular flexibility index (Phi) is 38.7. The third-order valence-electron chi connectivity index (χ3n) is 12.1. The molecule has 9 amide bonds. The van der Waals surface area contributed by atoms with Gasteiger partial charge in [-0.1, -0.05) is 6.42 Å². The number of nitrogens with one attached hydrogen (secondary N) is 7. The summed E-state index contributed by atoms with van der Waals surface area (Å²) in [4.78, 5) is 147. The summed E-state index contributed by atoms with van der Waals surface area (Å²) in [5.74, 6) is -9.53. The summed E-state index contributed by atoms with van der Waals surface area (Å²) in [6.45, 7) is 0.466. The molecule has 0 rings (SSSR count). The molecule has 0 saturated heterocycles. The van der Waals surface area contributed by atoms with Crippen molar-refractivity contribution in [3.8, 4) is 0 Å². The lowest BCUT2D eigenvalue weighted by atomic mass is 10.0. The second-order valence-electron chi connectivity index (χ2n) is 19.4. The zero-order valence-electron chi connectivity index (χ0n) is 48.2. The Morgan fingerprint density at radius 3 is 0.729 bits per heavy atom. The van der Waals surface area contributed by atoms with E-state index in [1.165, 1.54) is 0 Å². The maximum Gasteiger partial charge on any atom is 0.243 e. The van der Waals surface area contributed by atoms with Crippen molar-refractivity contribution in [2.75, 3.05) is 45.8 Å². The van der Waals surface area contributed by atoms with Crippen LogP contribution in [0, 0.1) is 0 Å². The number of hydrogen-bond donors (Lipinski definition) is 23. The Labute approximate surface area is 493 Å². The van der Waals surface area contributed by atoms with E-state index in [2.05, 4.69) is 67.2 Å². The number of carbonyl (C=O) groups excluding carboxylic acids is 9. The Morgan fingerprint density at radius 1 is 0.282 bits per heavy atom. The molecule has 0 aliphatic rings. The number of unbranched alkanes of at least 4 members (excludes halogenated alkanes) is 1. The first-order chi connectivity index (χ1) is 40.1. The van der Waals surface area contributed by atoms with Crippen molar-refractivity contribution in [2.45, 2.75) is 157 Å². The Bertz CT molecular complexity index is 2310. The van der Waals surface area contributed by atoms with Gasteiger partial charge in [-0.15, -0.1) is 0 Å². The highest BCUT2D eigenvalue weighted by Crippen LogP contribution is 2.11. The molecule has 0 radical (unpaired) electrons. The summed E-state index contributed by atoms with van der Waals surface area (Å²) in [5.41, 5.74) is 88.7. The summed E-state index contributed by atoms with van der Waals surface area (Å²) >= 11 is 0. The van der Waals surface area contributed by atoms with Crippen LogP contribution in [0.4, 0.5) is 0 Å². The minimum absolute atomic E-state index is 0.00344. The highest BCUT2D eigenvalue weighted by atomic mass is 16.2. The number of primary amides is 2. The van der Waals surface area contributed by atoms with Gasteiger partial charge in [0.15, 0.2) is 35.8 Å². The van der Waals surface area contributed by atoms with Crippen LogP contribution < -0.4 is 129 Å². The van der Waals surface area contributed by atoms with Gasteiger partial charge in [0.2, 0.25) is 53.2 Å². The van der Waals surface area contributed by atoms with Gasteiger partial charge >= 0.3 is 0 Å². The molecule has 85 heavy (non-hydrogen) atoms. The maximum absolute atomic E-state index is 14.5. The van der Waals surface area contributed by atoms with Crippen molar-refractivity contribution in [1.29, 1.82) is 0 Å². The van der Waals surface area contributed by atoms with Crippen molar-refractivity contribution in [3.05, 3.63) is 0 Å². The van der Waals surface area contributed by atoms with E-state index in [0.717, 1.165) is 0 Å². The van der Waals surface area contributed by atoms with Crippen molar-refractivity contribution >= 4 is 88.9 Å². The van der Waals surface area contributed by atoms with Crippen molar-refractivity contribution in [2.24, 2.45) is 122 Å². The molecule has 0 aromatic heterocycles. The molecule has 0 unspecified atom stereocenters. The Morgan fingerprint density at radius 2 is 0.506 bits per heavy atom. The maximum atomic E-state index is 14.5. The van der Waals surface area contributed by atoms with Gasteiger partial charge in [0.05, 0.1) is 6.04 Å². The number of carbonyl (C=O) groups is 9. The van der Waals surface area contributed by atoms with E-state index >= 15 is 0 Å². The smallest absolute Gasteiger partial charge is 0.243 e. The largest absolute Gasteiger partial charge is 0.370 e. The molecule has 8 atom stereocenters. The van der Waals surface area contributed by atoms with Gasteiger partial charge in [0.25, 0.3) is 0 Å². The van der Waals surface area contributed by atoms with E-state index in [1.807, 2.05) is 0 Å². The zero-order chi connectivity index (χ0) is 64.4. The van der Waals surface area contributed by atoms with Crippen LogP contribution in [0.25, 0.3) is 0 Å². The highest BCUT2D eigenvalue weighted by molar-refractivity contribution is 5.98. The van der Waals surface area contributed by atoms with Gasteiger partial charge in [-0.2, -0.15) is 0 Å². The molecule has 0 aromatic rings. The molecule has 39 N–H and O–H groups in total. The lowest BCUT2D eigenvalue weighted by molar-refractivity contribution is -0.136. The standard InChI is InChI=1S/C47H95N29O9/c48-18-2-1-9-25(49)35(79)71-27(11-4-20-65-43(54)55)37(81)73-29(13-6-22-67-45(58)59)38(82)74-31(15-8-24-69-47(62)63)40(84)76-32(16-17-33(50)77)41(85)75-30(14-7-23-68-46(60)61)39(83)72-28(12-5-21-66-44(56)57)36(80)70-26(34(51)78)10-3-19-64-42(52)53/h25-32H,1-24,48-49H2,(H2,50,77)(H2,51,78)(H,70,80)(H,71,79)(H,72,83)(H,73,81)(H,74,82)(H,75,85)(H,76,84)(H4,52,53,64)(H4,54,55,65)(H4,56,57,66)(H4,58,59,67)(H4,60,61,68)(H4,62,63,69)/t25-,26-,27-,28-,29-,30-,31-,32-/m0/s1. The molecule has 0 heterocycles. The van der Waals surface area contributed by atoms with Gasteiger partial charge in [0.1, 0.15) is 42.3 Å². The van der Waals surface area contributed by atoms with Crippen LogP contribution in [0.15, 0.2) is 30.0 Å². The molecule has 0 bridgehead atoms. The van der Waals surface area contributed by atoms with Gasteiger partial charge < -0.3 is 129 Å². The molecule has 38 heteroatoms. The van der Waals surface area contributed by atoms with E-state index in [9.17, 15) is 43.2 Å². The van der Waals surface area contributed by atoms with Gasteiger partial charge in [0, 0.05) is 45.7 Å². The molecule has 0 saturated carbocycles. The van der Waals surface area contributed by atoms with E-state index < -0.39 is 114 Å². The van der Waals surface area contributed by atoms with E-state index in [1.54, 1.807) is 0 Å². The van der Waals surface area contributed by atoms with Crippen LogP contribution in [0.3, 0.4) is 0 Å². The zero-order valence-corrected chi connectivity index (χ0v) is 48.2. The minimum Gasteiger partial charge on any atom is -0.370 e. The number of nitrogens with zero attached hydrogens (tertiary/aromatic N) is 6. The molecule has 38 nitrogen and oxygen atoms in total. The molecule has 0 spiro atoms. The molecule has 0 aliphatic carbocycles. The van der Waals surface area contributed by atoms with Crippen molar-refractivity contribution in [1.82, 2.24) is 37.2 Å². The normalized spacial score (nSPS) is 13.5. The number of aliphatic imine (C=N–C) groups is 6. The van der Waals surface area contributed by atoms with Crippen molar-refractivity contribution < 1.29 is 43.2 Å². The fraction of sp³-hybridized carbons (Fsp3) is 0.681. The fourth-order valence-electron chi connectivity index (χ4n) is 7.76. The first-order valence-electron chi connectivity index (χ1n) is 27.6. The van der Waals surface area contributed by atoms with Gasteiger partial charge in [-0.3, -0.25) is 73.1 Å². The topological polar surface area (TPSA) is 728 Å². The van der Waals surface area contributed by atoms with Gasteiger partial charge in [-0.25, -0.2) is 0 Å². The van der Waals surface area contributed by atoms with Crippen LogP contribution in [-0.2, 0) is 43.2 Å². The third kappa shape index (κ3) is 37.5. The van der Waals surface area contributed by atoms with E-state index in [0.29, 0.717) is 19.4 Å². The number of nitrogens with two attached hydrogens (primary N) is 16. The summed E-state index contributed by atoms with van der Waals surface area (Å²) in [6.07, 6.45) is 0.511. The van der Waals surface area contributed by atoms with E-state index in [-0.39, 0.29) is 158 Å². The predicted molar refractivity (Wildman–Crippen MR) is 321 cm³/mol. The number of amides is 9. The monoisotopic (exact) mass is 1210 g/mol. The average Bonchev–Trinajstić information content (AvgIpc) is 3.61. The average molecular weight is 1210 g/mol. The fourth-order valence-corrected chi connectivity index (χ4v) is 7.76. The molecule has 0 aromatic carbocycles. The molecule has 482 valence electrons. The Balaban J connectivity index is 7.33. The summed E-state index contributed by atoms with van der Waals surface area (Å²) < 4.78 is 0. The van der Waals surface area contributed by atoms with Crippen LogP contribution in [0.1, 0.15) is 109 Å². The third-order valence-corrected chi connectivity index (χ3v) is 12.1. The second-order valence-corrected chi connectivity index (χ2v) is 19.4. The quantitative estimate of drug-likeness (QED) is 0.0153. The summed E-state index contributed by atoms with van der Waals surface area (Å²) in [6, 6.07) is -11.1. The molecular formula is C47H95N29O9. The second kappa shape index (κ2) is 43.5. The lowest BCUT2D eigenvalue weighted by Crippen LogP contribution is -2.60.